The van der Waals surface area contributed by atoms with Crippen molar-refractivity contribution in [1.29, 1.82) is 0 Å². The molecule has 3 N–H and O–H groups in total. The number of hydrogen-bond acceptors (Lipinski definition) is 3. The molecule has 1 rings (SSSR count). The van der Waals surface area contributed by atoms with Crippen LogP contribution in [0.4, 0.5) is 11.4 Å². The molecule has 0 spiro atoms. The van der Waals surface area contributed by atoms with Gasteiger partial charge in [-0.05, 0) is 25.2 Å². The van der Waals surface area contributed by atoms with Crippen LogP contribution in [-0.2, 0) is 9.59 Å². The second kappa shape index (κ2) is 6.65. The summed E-state index contributed by atoms with van der Waals surface area (Å²) in [6.45, 7) is 2.04. The standard InChI is InChI=1S/C12H17N3O2/c1-3-11(16)14-9-5-4-6-10(7-9)15-12(17)8-13-2/h4-7,13H,3,8H2,1-2H3,(H,14,16)(H,15,17). The summed E-state index contributed by atoms with van der Waals surface area (Å²) in [4.78, 5) is 22.5. The molecule has 0 atom stereocenters. The molecule has 17 heavy (non-hydrogen) atoms. The topological polar surface area (TPSA) is 70.2 Å². The second-order valence-corrected chi connectivity index (χ2v) is 3.56. The number of anilines is 2. The number of carbonyl (C=O) groups excluding carboxylic acids is 2. The average Bonchev–Trinajstić information content (AvgIpc) is 2.29. The molecule has 1 aromatic carbocycles. The Labute approximate surface area is 101 Å². The van der Waals surface area contributed by atoms with Gasteiger partial charge < -0.3 is 16.0 Å². The number of likely N-dealkylation sites (N-methyl/N-ethyl adjacent to an activating group) is 1. The molecule has 92 valence electrons. The van der Waals surface area contributed by atoms with Crippen molar-refractivity contribution in [2.24, 2.45) is 0 Å². The maximum atomic E-state index is 11.3. The van der Waals surface area contributed by atoms with E-state index in [2.05, 4.69) is 16.0 Å². The summed E-state index contributed by atoms with van der Waals surface area (Å²) in [5.41, 5.74) is 1.35. The molecular formula is C12H17N3O2. The summed E-state index contributed by atoms with van der Waals surface area (Å²) in [7, 11) is 1.71. The van der Waals surface area contributed by atoms with Gasteiger partial charge in [-0.2, -0.15) is 0 Å². The number of nitrogens with one attached hydrogen (secondary N) is 3. The lowest BCUT2D eigenvalue weighted by Crippen LogP contribution is -2.25. The van der Waals surface area contributed by atoms with E-state index in [4.69, 9.17) is 0 Å². The van der Waals surface area contributed by atoms with Gasteiger partial charge >= 0.3 is 0 Å². The van der Waals surface area contributed by atoms with Crippen LogP contribution in [0.15, 0.2) is 24.3 Å². The molecule has 0 bridgehead atoms. The predicted molar refractivity (Wildman–Crippen MR) is 67.9 cm³/mol. The van der Waals surface area contributed by atoms with Crippen molar-refractivity contribution in [3.63, 3.8) is 0 Å². The molecule has 2 amide bonds. The van der Waals surface area contributed by atoms with Crippen molar-refractivity contribution < 1.29 is 9.59 Å². The van der Waals surface area contributed by atoms with E-state index in [1.165, 1.54) is 0 Å². The van der Waals surface area contributed by atoms with Crippen molar-refractivity contribution >= 4 is 23.2 Å². The van der Waals surface area contributed by atoms with Crippen LogP contribution in [0.1, 0.15) is 13.3 Å². The van der Waals surface area contributed by atoms with Gasteiger partial charge in [0.1, 0.15) is 0 Å². The predicted octanol–water partition coefficient (Wildman–Crippen LogP) is 1.19. The first kappa shape index (κ1) is 13.2. The monoisotopic (exact) mass is 235 g/mol. The van der Waals surface area contributed by atoms with Crippen LogP contribution in [0.3, 0.4) is 0 Å². The fourth-order valence-corrected chi connectivity index (χ4v) is 1.29. The van der Waals surface area contributed by atoms with E-state index in [1.807, 2.05) is 0 Å². The van der Waals surface area contributed by atoms with Gasteiger partial charge in [0.2, 0.25) is 11.8 Å². The van der Waals surface area contributed by atoms with E-state index in [1.54, 1.807) is 38.2 Å². The van der Waals surface area contributed by atoms with E-state index in [9.17, 15) is 9.59 Å². The highest BCUT2D eigenvalue weighted by molar-refractivity contribution is 5.94. The molecular weight excluding hydrogens is 218 g/mol. The van der Waals surface area contributed by atoms with Crippen molar-refractivity contribution in [1.82, 2.24) is 5.32 Å². The molecule has 1 aromatic rings. The molecule has 5 nitrogen and oxygen atoms in total. The van der Waals surface area contributed by atoms with E-state index in [-0.39, 0.29) is 18.4 Å². The van der Waals surface area contributed by atoms with E-state index in [0.29, 0.717) is 17.8 Å². The van der Waals surface area contributed by atoms with Crippen LogP contribution < -0.4 is 16.0 Å². The van der Waals surface area contributed by atoms with Gasteiger partial charge in [-0.3, -0.25) is 9.59 Å². The normalized spacial score (nSPS) is 9.76. The zero-order valence-corrected chi connectivity index (χ0v) is 10.0. The lowest BCUT2D eigenvalue weighted by atomic mass is 10.2. The van der Waals surface area contributed by atoms with Crippen molar-refractivity contribution in [3.05, 3.63) is 24.3 Å². The minimum atomic E-state index is -0.119. The number of carbonyl (C=O) groups is 2. The van der Waals surface area contributed by atoms with Crippen LogP contribution in [0.5, 0.6) is 0 Å². The summed E-state index contributed by atoms with van der Waals surface area (Å²) >= 11 is 0. The maximum absolute atomic E-state index is 11.3. The van der Waals surface area contributed by atoms with Gasteiger partial charge in [0.05, 0.1) is 6.54 Å². The first-order valence-electron chi connectivity index (χ1n) is 5.50. The highest BCUT2D eigenvalue weighted by atomic mass is 16.2. The zero-order chi connectivity index (χ0) is 12.7. The third kappa shape index (κ3) is 4.65. The Morgan fingerprint density at radius 2 is 1.71 bits per heavy atom. The molecule has 0 aliphatic heterocycles. The first-order valence-corrected chi connectivity index (χ1v) is 5.50. The highest BCUT2D eigenvalue weighted by Crippen LogP contribution is 2.15. The first-order chi connectivity index (χ1) is 8.15. The third-order valence-electron chi connectivity index (χ3n) is 2.09. The van der Waals surface area contributed by atoms with Gasteiger partial charge in [0.25, 0.3) is 0 Å². The molecule has 0 fully saturated rings. The van der Waals surface area contributed by atoms with Crippen molar-refractivity contribution in [2.45, 2.75) is 13.3 Å². The van der Waals surface area contributed by atoms with Crippen LogP contribution in [0, 0.1) is 0 Å². The van der Waals surface area contributed by atoms with Gasteiger partial charge in [0.15, 0.2) is 0 Å². The fraction of sp³-hybridized carbons (Fsp3) is 0.333. The summed E-state index contributed by atoms with van der Waals surface area (Å²) < 4.78 is 0. The quantitative estimate of drug-likeness (QED) is 0.718. The average molecular weight is 235 g/mol. The summed E-state index contributed by atoms with van der Waals surface area (Å²) in [6, 6.07) is 7.05. The molecule has 0 aliphatic carbocycles. The minimum Gasteiger partial charge on any atom is -0.326 e. The summed E-state index contributed by atoms with van der Waals surface area (Å²) in [5, 5.41) is 8.22. The molecule has 0 radical (unpaired) electrons. The lowest BCUT2D eigenvalue weighted by molar-refractivity contribution is -0.116. The summed E-state index contributed by atoms with van der Waals surface area (Å²) in [5.74, 6) is -0.171. The van der Waals surface area contributed by atoms with E-state index in [0.717, 1.165) is 0 Å². The van der Waals surface area contributed by atoms with E-state index < -0.39 is 0 Å². The second-order valence-electron chi connectivity index (χ2n) is 3.56. The van der Waals surface area contributed by atoms with Gasteiger partial charge in [-0.15, -0.1) is 0 Å². The van der Waals surface area contributed by atoms with Crippen molar-refractivity contribution in [3.8, 4) is 0 Å². The van der Waals surface area contributed by atoms with Gasteiger partial charge in [-0.25, -0.2) is 0 Å². The minimum absolute atomic E-state index is 0.0521. The molecule has 0 heterocycles. The Balaban J connectivity index is 2.65. The molecule has 0 saturated heterocycles. The lowest BCUT2D eigenvalue weighted by Gasteiger charge is -2.08. The Morgan fingerprint density at radius 3 is 2.24 bits per heavy atom. The zero-order valence-electron chi connectivity index (χ0n) is 10.0. The van der Waals surface area contributed by atoms with Crippen LogP contribution in [-0.4, -0.2) is 25.4 Å². The van der Waals surface area contributed by atoms with Gasteiger partial charge in [-0.1, -0.05) is 13.0 Å². The van der Waals surface area contributed by atoms with Gasteiger partial charge in [0, 0.05) is 17.8 Å². The SMILES string of the molecule is CCC(=O)Nc1cccc(NC(=O)CNC)c1. The number of hydrogen-bond donors (Lipinski definition) is 3. The molecule has 5 heteroatoms. The number of rotatable bonds is 5. The highest BCUT2D eigenvalue weighted by Gasteiger charge is 2.03. The van der Waals surface area contributed by atoms with Crippen LogP contribution >= 0.6 is 0 Å². The maximum Gasteiger partial charge on any atom is 0.238 e. The molecule has 0 unspecified atom stereocenters. The number of amides is 2. The fourth-order valence-electron chi connectivity index (χ4n) is 1.29. The Bertz CT molecular complexity index is 404. The smallest absolute Gasteiger partial charge is 0.238 e. The van der Waals surface area contributed by atoms with Crippen LogP contribution in [0.25, 0.3) is 0 Å². The molecule has 0 aromatic heterocycles. The van der Waals surface area contributed by atoms with Crippen LogP contribution in [0.2, 0.25) is 0 Å². The largest absolute Gasteiger partial charge is 0.326 e. The Kier molecular flexibility index (Phi) is 5.16. The summed E-state index contributed by atoms with van der Waals surface area (Å²) in [6.07, 6.45) is 0.427. The molecule has 0 aliphatic rings. The van der Waals surface area contributed by atoms with Crippen molar-refractivity contribution in [2.75, 3.05) is 24.2 Å². The van der Waals surface area contributed by atoms with E-state index >= 15 is 0 Å². The number of benzene rings is 1. The molecule has 0 saturated carbocycles. The third-order valence-corrected chi connectivity index (χ3v) is 2.09. The Morgan fingerprint density at radius 1 is 1.12 bits per heavy atom. The Hall–Kier alpha value is -1.88.